The maximum absolute atomic E-state index is 12.8. The summed E-state index contributed by atoms with van der Waals surface area (Å²) in [5.41, 5.74) is 1.92. The van der Waals surface area contributed by atoms with Crippen molar-refractivity contribution in [3.05, 3.63) is 42.0 Å². The molecule has 2 aliphatic rings. The lowest BCUT2D eigenvalue weighted by Gasteiger charge is -2.34. The molecular weight excluding hydrogens is 304 g/mol. The van der Waals surface area contributed by atoms with Crippen molar-refractivity contribution in [1.29, 1.82) is 0 Å². The van der Waals surface area contributed by atoms with Crippen molar-refractivity contribution >= 4 is 17.5 Å². The highest BCUT2D eigenvalue weighted by Gasteiger charge is 2.36. The van der Waals surface area contributed by atoms with Gasteiger partial charge in [0.2, 0.25) is 11.8 Å². The average molecular weight is 328 g/mol. The molecule has 1 heterocycles. The second kappa shape index (κ2) is 7.62. The smallest absolute Gasteiger partial charge is 0.228 e. The first kappa shape index (κ1) is 16.7. The van der Waals surface area contributed by atoms with E-state index in [-0.39, 0.29) is 23.7 Å². The van der Waals surface area contributed by atoms with Gasteiger partial charge in [-0.15, -0.1) is 0 Å². The van der Waals surface area contributed by atoms with Crippen molar-refractivity contribution in [2.75, 3.05) is 31.6 Å². The Morgan fingerprint density at radius 1 is 1.04 bits per heavy atom. The lowest BCUT2D eigenvalue weighted by molar-refractivity contribution is -0.144. The molecule has 1 aliphatic heterocycles. The van der Waals surface area contributed by atoms with Gasteiger partial charge in [0.05, 0.1) is 25.0 Å². The van der Waals surface area contributed by atoms with Crippen LogP contribution in [0, 0.1) is 18.8 Å². The molecule has 0 saturated carbocycles. The van der Waals surface area contributed by atoms with Gasteiger partial charge >= 0.3 is 0 Å². The van der Waals surface area contributed by atoms with E-state index in [9.17, 15) is 9.59 Å². The van der Waals surface area contributed by atoms with Crippen LogP contribution in [0.1, 0.15) is 18.4 Å². The van der Waals surface area contributed by atoms with Crippen molar-refractivity contribution in [2.45, 2.75) is 19.8 Å². The van der Waals surface area contributed by atoms with E-state index >= 15 is 0 Å². The summed E-state index contributed by atoms with van der Waals surface area (Å²) in [5, 5.41) is 2.96. The Labute approximate surface area is 142 Å². The number of benzene rings is 1. The van der Waals surface area contributed by atoms with Crippen LogP contribution in [0.2, 0.25) is 0 Å². The number of rotatable bonds is 3. The molecule has 3 rings (SSSR count). The number of morpholine rings is 1. The number of allylic oxidation sites excluding steroid dienone is 2. The number of anilines is 1. The van der Waals surface area contributed by atoms with Gasteiger partial charge in [0.15, 0.2) is 0 Å². The fraction of sp³-hybridized carbons (Fsp3) is 0.474. The number of nitrogens with one attached hydrogen (secondary N) is 1. The van der Waals surface area contributed by atoms with Crippen LogP contribution < -0.4 is 5.32 Å². The van der Waals surface area contributed by atoms with E-state index in [4.69, 9.17) is 4.74 Å². The van der Waals surface area contributed by atoms with Gasteiger partial charge in [-0.25, -0.2) is 0 Å². The summed E-state index contributed by atoms with van der Waals surface area (Å²) in [6, 6.07) is 7.72. The molecule has 2 amide bonds. The molecule has 2 atom stereocenters. The van der Waals surface area contributed by atoms with Gasteiger partial charge < -0.3 is 15.0 Å². The van der Waals surface area contributed by atoms with Gasteiger partial charge in [-0.1, -0.05) is 29.8 Å². The van der Waals surface area contributed by atoms with E-state index in [1.54, 1.807) is 0 Å². The zero-order chi connectivity index (χ0) is 16.9. The Hall–Kier alpha value is -2.14. The third kappa shape index (κ3) is 3.85. The molecule has 1 fully saturated rings. The van der Waals surface area contributed by atoms with E-state index in [1.807, 2.05) is 48.2 Å². The number of ether oxygens (including phenoxy) is 1. The predicted octanol–water partition coefficient (Wildman–Crippen LogP) is 2.37. The van der Waals surface area contributed by atoms with Gasteiger partial charge in [0.25, 0.3) is 0 Å². The molecule has 1 aliphatic carbocycles. The molecule has 128 valence electrons. The number of carbonyl (C=O) groups is 2. The first-order valence-corrected chi connectivity index (χ1v) is 8.54. The molecule has 0 radical (unpaired) electrons. The number of nitrogens with zero attached hydrogens (tertiary/aromatic N) is 1. The summed E-state index contributed by atoms with van der Waals surface area (Å²) < 4.78 is 5.31. The highest BCUT2D eigenvalue weighted by molar-refractivity contribution is 5.96. The van der Waals surface area contributed by atoms with Crippen LogP contribution >= 0.6 is 0 Å². The topological polar surface area (TPSA) is 58.6 Å². The second-order valence-corrected chi connectivity index (χ2v) is 6.45. The molecule has 2 unspecified atom stereocenters. The summed E-state index contributed by atoms with van der Waals surface area (Å²) in [6.07, 6.45) is 5.25. The highest BCUT2D eigenvalue weighted by Crippen LogP contribution is 2.29. The SMILES string of the molecule is Cc1ccc(NC(=O)C2CC=CCC2C(=O)N2CCOCC2)cc1. The van der Waals surface area contributed by atoms with Crippen LogP contribution in [0.25, 0.3) is 0 Å². The number of aryl methyl sites for hydroxylation is 1. The Balaban J connectivity index is 1.69. The van der Waals surface area contributed by atoms with Crippen molar-refractivity contribution in [3.63, 3.8) is 0 Å². The minimum atomic E-state index is -0.313. The second-order valence-electron chi connectivity index (χ2n) is 6.45. The molecule has 0 aromatic heterocycles. The summed E-state index contributed by atoms with van der Waals surface area (Å²) in [6.45, 7) is 4.40. The molecule has 5 nitrogen and oxygen atoms in total. The Kier molecular flexibility index (Phi) is 5.30. The van der Waals surface area contributed by atoms with Crippen LogP contribution in [0.4, 0.5) is 5.69 Å². The van der Waals surface area contributed by atoms with Gasteiger partial charge in [0, 0.05) is 18.8 Å². The number of carbonyl (C=O) groups excluding carboxylic acids is 2. The molecule has 24 heavy (non-hydrogen) atoms. The molecule has 1 aromatic carbocycles. The normalized spacial score (nSPS) is 23.8. The van der Waals surface area contributed by atoms with Crippen LogP contribution in [0.3, 0.4) is 0 Å². The lowest BCUT2D eigenvalue weighted by atomic mass is 9.81. The molecular formula is C19H24N2O3. The van der Waals surface area contributed by atoms with E-state index in [0.717, 1.165) is 11.3 Å². The number of hydrogen-bond acceptors (Lipinski definition) is 3. The monoisotopic (exact) mass is 328 g/mol. The standard InChI is InChI=1S/C19H24N2O3/c1-14-6-8-15(9-7-14)20-18(22)16-4-2-3-5-17(16)19(23)21-10-12-24-13-11-21/h2-3,6-9,16-17H,4-5,10-13H2,1H3,(H,20,22). The lowest BCUT2D eigenvalue weighted by Crippen LogP contribution is -2.47. The summed E-state index contributed by atoms with van der Waals surface area (Å²) in [7, 11) is 0. The van der Waals surface area contributed by atoms with Gasteiger partial charge in [0.1, 0.15) is 0 Å². The number of hydrogen-bond donors (Lipinski definition) is 1. The minimum Gasteiger partial charge on any atom is -0.378 e. The van der Waals surface area contributed by atoms with Crippen molar-refractivity contribution in [1.82, 2.24) is 4.90 Å². The van der Waals surface area contributed by atoms with E-state index in [0.29, 0.717) is 39.1 Å². The summed E-state index contributed by atoms with van der Waals surface area (Å²) in [5.74, 6) is -0.591. The van der Waals surface area contributed by atoms with Gasteiger partial charge in [-0.05, 0) is 31.9 Å². The quantitative estimate of drug-likeness (QED) is 0.867. The number of amides is 2. The summed E-state index contributed by atoms with van der Waals surface area (Å²) >= 11 is 0. The Morgan fingerprint density at radius 2 is 1.67 bits per heavy atom. The van der Waals surface area contributed by atoms with Crippen molar-refractivity contribution in [2.24, 2.45) is 11.8 Å². The van der Waals surface area contributed by atoms with E-state index < -0.39 is 0 Å². The molecule has 1 aromatic rings. The maximum atomic E-state index is 12.8. The summed E-state index contributed by atoms with van der Waals surface area (Å²) in [4.78, 5) is 27.4. The van der Waals surface area contributed by atoms with Crippen LogP contribution in [0.5, 0.6) is 0 Å². The zero-order valence-corrected chi connectivity index (χ0v) is 14.0. The van der Waals surface area contributed by atoms with E-state index in [1.165, 1.54) is 0 Å². The molecule has 5 heteroatoms. The van der Waals surface area contributed by atoms with Crippen molar-refractivity contribution in [3.8, 4) is 0 Å². The third-order valence-corrected chi connectivity index (χ3v) is 4.73. The predicted molar refractivity (Wildman–Crippen MR) is 92.6 cm³/mol. The van der Waals surface area contributed by atoms with Crippen LogP contribution in [-0.4, -0.2) is 43.0 Å². The van der Waals surface area contributed by atoms with Crippen LogP contribution in [0.15, 0.2) is 36.4 Å². The fourth-order valence-corrected chi connectivity index (χ4v) is 3.27. The largest absolute Gasteiger partial charge is 0.378 e. The van der Waals surface area contributed by atoms with E-state index in [2.05, 4.69) is 5.32 Å². The first-order chi connectivity index (χ1) is 11.6. The Morgan fingerprint density at radius 3 is 2.33 bits per heavy atom. The zero-order valence-electron chi connectivity index (χ0n) is 14.0. The maximum Gasteiger partial charge on any atom is 0.228 e. The molecule has 0 bridgehead atoms. The molecule has 0 spiro atoms. The minimum absolute atomic E-state index is 0.0742. The Bertz CT molecular complexity index is 618. The molecule has 1 saturated heterocycles. The molecule has 1 N–H and O–H groups in total. The van der Waals surface area contributed by atoms with Gasteiger partial charge in [-0.3, -0.25) is 9.59 Å². The fourth-order valence-electron chi connectivity index (χ4n) is 3.27. The van der Waals surface area contributed by atoms with Crippen LogP contribution in [-0.2, 0) is 14.3 Å². The first-order valence-electron chi connectivity index (χ1n) is 8.54. The van der Waals surface area contributed by atoms with Gasteiger partial charge in [-0.2, -0.15) is 0 Å². The van der Waals surface area contributed by atoms with Crippen molar-refractivity contribution < 1.29 is 14.3 Å². The highest BCUT2D eigenvalue weighted by atomic mass is 16.5. The third-order valence-electron chi connectivity index (χ3n) is 4.73. The average Bonchev–Trinajstić information content (AvgIpc) is 2.63.